The third kappa shape index (κ3) is 8.95. The highest BCUT2D eigenvalue weighted by molar-refractivity contribution is 6.09. The van der Waals surface area contributed by atoms with Crippen LogP contribution in [0.4, 0.5) is 0 Å². The average Bonchev–Trinajstić information content (AvgIpc) is 2.74. The number of allylic oxidation sites excluding steroid dienone is 3. The molecule has 0 saturated heterocycles. The van der Waals surface area contributed by atoms with Gasteiger partial charge in [0.25, 0.3) is 0 Å². The highest BCUT2D eigenvalue weighted by atomic mass is 16.5. The first-order valence-corrected chi connectivity index (χ1v) is 11.0. The molecule has 0 saturated carbocycles. The van der Waals surface area contributed by atoms with E-state index in [4.69, 9.17) is 4.42 Å². The SMILES string of the molecule is CCCCCC(C)CC=C(C)C(=O)c1c(O)cc(C(C)CCC=CC(=O)OC)oc1=O. The van der Waals surface area contributed by atoms with E-state index in [0.717, 1.165) is 12.8 Å². The molecule has 0 aromatic carbocycles. The number of ketones is 1. The first kappa shape index (κ1) is 26.4. The van der Waals surface area contributed by atoms with Gasteiger partial charge < -0.3 is 14.3 Å². The van der Waals surface area contributed by atoms with Crippen LogP contribution in [0.25, 0.3) is 0 Å². The van der Waals surface area contributed by atoms with Crippen LogP contribution in [0.1, 0.15) is 94.7 Å². The fourth-order valence-electron chi connectivity index (χ4n) is 3.22. The van der Waals surface area contributed by atoms with Gasteiger partial charge in [-0.05, 0) is 37.7 Å². The molecular weight excluding hydrogens is 396 g/mol. The van der Waals surface area contributed by atoms with Gasteiger partial charge in [0, 0.05) is 18.1 Å². The number of ether oxygens (including phenoxy) is 1. The van der Waals surface area contributed by atoms with Crippen molar-refractivity contribution in [1.82, 2.24) is 0 Å². The van der Waals surface area contributed by atoms with Crippen LogP contribution in [0.15, 0.2) is 39.1 Å². The number of carbonyl (C=O) groups excluding carboxylic acids is 2. The number of esters is 1. The van der Waals surface area contributed by atoms with Crippen LogP contribution in [0.2, 0.25) is 0 Å². The maximum Gasteiger partial charge on any atom is 0.351 e. The van der Waals surface area contributed by atoms with E-state index in [1.807, 2.05) is 13.0 Å². The highest BCUT2D eigenvalue weighted by Crippen LogP contribution is 2.26. The molecule has 0 fully saturated rings. The summed E-state index contributed by atoms with van der Waals surface area (Å²) in [7, 11) is 1.31. The predicted molar refractivity (Wildman–Crippen MR) is 121 cm³/mol. The second-order valence-electron chi connectivity index (χ2n) is 8.15. The Kier molecular flexibility index (Phi) is 11.6. The van der Waals surface area contributed by atoms with E-state index in [1.165, 1.54) is 38.5 Å². The van der Waals surface area contributed by atoms with Crippen LogP contribution in [0.5, 0.6) is 5.75 Å². The number of unbranched alkanes of at least 4 members (excludes halogenated alkanes) is 2. The Bertz CT molecular complexity index is 846. The Morgan fingerprint density at radius 2 is 1.94 bits per heavy atom. The van der Waals surface area contributed by atoms with Crippen molar-refractivity contribution in [2.45, 2.75) is 78.6 Å². The lowest BCUT2D eigenvalue weighted by Gasteiger charge is -2.11. The molecule has 1 heterocycles. The van der Waals surface area contributed by atoms with Gasteiger partial charge in [-0.3, -0.25) is 4.79 Å². The summed E-state index contributed by atoms with van der Waals surface area (Å²) in [4.78, 5) is 36.2. The lowest BCUT2D eigenvalue weighted by molar-refractivity contribution is -0.134. The molecule has 0 bridgehead atoms. The molecule has 0 amide bonds. The predicted octanol–water partition coefficient (Wildman–Crippen LogP) is 5.69. The quantitative estimate of drug-likeness (QED) is 0.186. The van der Waals surface area contributed by atoms with Crippen molar-refractivity contribution in [3.05, 3.63) is 51.6 Å². The van der Waals surface area contributed by atoms with Gasteiger partial charge in [0.1, 0.15) is 17.1 Å². The van der Waals surface area contributed by atoms with Crippen LogP contribution in [-0.2, 0) is 9.53 Å². The fourth-order valence-corrected chi connectivity index (χ4v) is 3.22. The molecular formula is C25H36O6. The maximum atomic E-state index is 12.7. The van der Waals surface area contributed by atoms with Crippen molar-refractivity contribution in [1.29, 1.82) is 0 Å². The van der Waals surface area contributed by atoms with Gasteiger partial charge in [0.15, 0.2) is 5.78 Å². The second kappa shape index (κ2) is 13.6. The molecule has 6 heteroatoms. The van der Waals surface area contributed by atoms with E-state index in [2.05, 4.69) is 18.6 Å². The Hall–Kier alpha value is -2.63. The zero-order valence-corrected chi connectivity index (χ0v) is 19.4. The van der Waals surface area contributed by atoms with Crippen molar-refractivity contribution < 1.29 is 23.8 Å². The molecule has 1 N–H and O–H groups in total. The van der Waals surface area contributed by atoms with Gasteiger partial charge in [-0.15, -0.1) is 0 Å². The molecule has 1 rings (SSSR count). The first-order chi connectivity index (χ1) is 14.7. The van der Waals surface area contributed by atoms with Gasteiger partial charge in [-0.2, -0.15) is 0 Å². The molecule has 2 atom stereocenters. The van der Waals surface area contributed by atoms with Crippen molar-refractivity contribution >= 4 is 11.8 Å². The summed E-state index contributed by atoms with van der Waals surface area (Å²) < 4.78 is 9.86. The van der Waals surface area contributed by atoms with Crippen LogP contribution in [0, 0.1) is 5.92 Å². The van der Waals surface area contributed by atoms with E-state index in [0.29, 0.717) is 30.1 Å². The molecule has 31 heavy (non-hydrogen) atoms. The number of rotatable bonds is 13. The summed E-state index contributed by atoms with van der Waals surface area (Å²) in [6, 6.07) is 1.34. The third-order valence-electron chi connectivity index (χ3n) is 5.37. The zero-order valence-electron chi connectivity index (χ0n) is 19.4. The molecule has 1 aromatic heterocycles. The molecule has 0 radical (unpaired) electrons. The van der Waals surface area contributed by atoms with Crippen LogP contribution in [-0.4, -0.2) is 24.0 Å². The Morgan fingerprint density at radius 3 is 2.55 bits per heavy atom. The number of methoxy groups -OCH3 is 1. The largest absolute Gasteiger partial charge is 0.507 e. The van der Waals surface area contributed by atoms with Crippen LogP contribution < -0.4 is 5.63 Å². The number of aromatic hydroxyl groups is 1. The standard InChI is InChI=1S/C25H36O6/c1-6-7-8-11-17(2)14-15-19(4)24(28)23-20(26)16-21(31-25(23)29)18(3)12-9-10-13-22(27)30-5/h10,13,15-18,26H,6-9,11-12,14H2,1-5H3. The monoisotopic (exact) mass is 432 g/mol. The Balaban J connectivity index is 2.82. The minimum Gasteiger partial charge on any atom is -0.507 e. The smallest absolute Gasteiger partial charge is 0.351 e. The second-order valence-corrected chi connectivity index (χ2v) is 8.15. The molecule has 0 spiro atoms. The number of carbonyl (C=O) groups is 2. The molecule has 2 unspecified atom stereocenters. The van der Waals surface area contributed by atoms with Gasteiger partial charge in [0.05, 0.1) is 7.11 Å². The van der Waals surface area contributed by atoms with E-state index >= 15 is 0 Å². The van der Waals surface area contributed by atoms with Gasteiger partial charge in [-0.1, -0.05) is 58.6 Å². The summed E-state index contributed by atoms with van der Waals surface area (Å²) in [6.07, 6.45) is 11.4. The molecule has 172 valence electrons. The number of hydrogen-bond acceptors (Lipinski definition) is 6. The van der Waals surface area contributed by atoms with E-state index < -0.39 is 17.4 Å². The normalized spacial score (nSPS) is 13.9. The van der Waals surface area contributed by atoms with E-state index in [-0.39, 0.29) is 17.2 Å². The summed E-state index contributed by atoms with van der Waals surface area (Å²) in [5.74, 6) is -0.722. The van der Waals surface area contributed by atoms with Gasteiger partial charge >= 0.3 is 11.6 Å². The van der Waals surface area contributed by atoms with E-state index in [9.17, 15) is 19.5 Å². The Labute approximate surface area is 185 Å². The van der Waals surface area contributed by atoms with Gasteiger partial charge in [-0.25, -0.2) is 9.59 Å². The van der Waals surface area contributed by atoms with Gasteiger partial charge in [0.2, 0.25) is 0 Å². The van der Waals surface area contributed by atoms with Crippen LogP contribution in [0.3, 0.4) is 0 Å². The molecule has 0 aliphatic carbocycles. The van der Waals surface area contributed by atoms with Crippen molar-refractivity contribution in [3.63, 3.8) is 0 Å². The Morgan fingerprint density at radius 1 is 1.23 bits per heavy atom. The zero-order chi connectivity index (χ0) is 23.4. The molecule has 1 aromatic rings. The average molecular weight is 433 g/mol. The fraction of sp³-hybridized carbons (Fsp3) is 0.560. The topological polar surface area (TPSA) is 93.8 Å². The summed E-state index contributed by atoms with van der Waals surface area (Å²) in [5, 5.41) is 10.4. The minimum atomic E-state index is -0.833. The highest BCUT2D eigenvalue weighted by Gasteiger charge is 2.22. The summed E-state index contributed by atoms with van der Waals surface area (Å²) >= 11 is 0. The van der Waals surface area contributed by atoms with Crippen molar-refractivity contribution in [3.8, 4) is 5.75 Å². The summed E-state index contributed by atoms with van der Waals surface area (Å²) in [5.41, 5.74) is -0.728. The molecule has 0 aliphatic rings. The maximum absolute atomic E-state index is 12.7. The first-order valence-electron chi connectivity index (χ1n) is 11.0. The lowest BCUT2D eigenvalue weighted by Crippen LogP contribution is -2.17. The van der Waals surface area contributed by atoms with Crippen molar-refractivity contribution in [2.24, 2.45) is 5.92 Å². The lowest BCUT2D eigenvalue weighted by atomic mass is 9.96. The molecule has 6 nitrogen and oxygen atoms in total. The van der Waals surface area contributed by atoms with Crippen LogP contribution >= 0.6 is 0 Å². The third-order valence-corrected chi connectivity index (χ3v) is 5.37. The van der Waals surface area contributed by atoms with Crippen molar-refractivity contribution in [2.75, 3.05) is 7.11 Å². The summed E-state index contributed by atoms with van der Waals surface area (Å²) in [6.45, 7) is 7.81. The van der Waals surface area contributed by atoms with E-state index in [1.54, 1.807) is 13.0 Å². The number of hydrogen-bond donors (Lipinski definition) is 1. The molecule has 0 aliphatic heterocycles. The number of Topliss-reactive ketones (excluding diaryl/α,β-unsaturated/α-hetero) is 1. The minimum absolute atomic E-state index is 0.175.